The van der Waals surface area contributed by atoms with Gasteiger partial charge in [0.1, 0.15) is 67.1 Å². The molecule has 3 rings (SSSR count). The van der Waals surface area contributed by atoms with Gasteiger partial charge in [-0.15, -0.1) is 0 Å². The third kappa shape index (κ3) is 7.41. The van der Waals surface area contributed by atoms with Gasteiger partial charge in [0.05, 0.1) is 32.0 Å². The molecule has 3 saturated heterocycles. The van der Waals surface area contributed by atoms with Crippen LogP contribution in [0.1, 0.15) is 13.3 Å². The zero-order valence-electron chi connectivity index (χ0n) is 22.7. The van der Waals surface area contributed by atoms with Crippen molar-refractivity contribution in [2.45, 2.75) is 111 Å². The Morgan fingerprint density at radius 1 is 0.907 bits per heavy atom. The van der Waals surface area contributed by atoms with Crippen LogP contribution in [0.15, 0.2) is 0 Å². The molecule has 0 aromatic heterocycles. The highest BCUT2D eigenvalue weighted by molar-refractivity contribution is 5.76. The van der Waals surface area contributed by atoms with Gasteiger partial charge < -0.3 is 90.3 Å². The fourth-order valence-electron chi connectivity index (χ4n) is 5.17. The molecule has 0 aromatic rings. The maximum atomic E-state index is 12.5. The Balaban J connectivity index is 1.88. The molecule has 43 heavy (non-hydrogen) atoms. The van der Waals surface area contributed by atoms with Crippen molar-refractivity contribution in [3.8, 4) is 0 Å². The molecule has 3 aliphatic rings. The zero-order valence-corrected chi connectivity index (χ0v) is 22.7. The maximum absolute atomic E-state index is 12.5. The number of aliphatic carboxylic acids is 1. The van der Waals surface area contributed by atoms with E-state index in [0.717, 1.165) is 6.92 Å². The van der Waals surface area contributed by atoms with E-state index in [0.29, 0.717) is 0 Å². The summed E-state index contributed by atoms with van der Waals surface area (Å²) in [4.78, 5) is 24.2. The average Bonchev–Trinajstić information content (AvgIpc) is 2.96. The molecule has 1 amide bonds. The molecule has 0 aliphatic carbocycles. The summed E-state index contributed by atoms with van der Waals surface area (Å²) in [6.07, 6.45) is -27.5. The minimum Gasteiger partial charge on any atom is -0.477 e. The van der Waals surface area contributed by atoms with E-state index in [4.69, 9.17) is 23.7 Å². The molecule has 0 unspecified atom stereocenters. The molecule has 13 N–H and O–H groups in total. The monoisotopic (exact) mass is 633 g/mol. The first-order valence-corrected chi connectivity index (χ1v) is 13.2. The smallest absolute Gasteiger partial charge is 0.364 e. The number of hydrogen-bond donors (Lipinski definition) is 13. The van der Waals surface area contributed by atoms with Crippen molar-refractivity contribution in [2.24, 2.45) is 0 Å². The van der Waals surface area contributed by atoms with Crippen LogP contribution in [0.5, 0.6) is 0 Å². The first-order valence-electron chi connectivity index (χ1n) is 13.2. The Hall–Kier alpha value is -1.70. The predicted octanol–water partition coefficient (Wildman–Crippen LogP) is -8.22. The molecular weight excluding hydrogens is 594 g/mol. The molecule has 0 spiro atoms. The highest BCUT2D eigenvalue weighted by Crippen LogP contribution is 2.38. The van der Waals surface area contributed by atoms with Gasteiger partial charge >= 0.3 is 5.97 Å². The van der Waals surface area contributed by atoms with Crippen molar-refractivity contribution in [3.05, 3.63) is 0 Å². The Labute approximate surface area is 243 Å². The van der Waals surface area contributed by atoms with Gasteiger partial charge in [-0.3, -0.25) is 4.79 Å². The minimum atomic E-state index is -2.97. The number of carbonyl (C=O) groups is 2. The Morgan fingerprint density at radius 2 is 1.49 bits per heavy atom. The quantitative estimate of drug-likeness (QED) is 0.100. The molecular formula is C23H39NO19. The SMILES string of the molecule is CC(=O)N[C@H]1[C@H]([C@H](O)[C@H](O)CO)O[C@@](O[C@@H]2[C@H](O)[C@@H](O)[C@H](O[C@H]3[C@H](O)[C@@H](O)[C@H](O)O[C@@H]3CO)O[C@@H]2CO)(C(=O)O)C[C@@H]1O. The summed E-state index contributed by atoms with van der Waals surface area (Å²) in [6, 6.07) is -1.52. The van der Waals surface area contributed by atoms with Crippen LogP contribution in [0.25, 0.3) is 0 Å². The average molecular weight is 634 g/mol. The summed E-state index contributed by atoms with van der Waals surface area (Å²) in [5.74, 6) is -5.65. The summed E-state index contributed by atoms with van der Waals surface area (Å²) in [7, 11) is 0. The van der Waals surface area contributed by atoms with Crippen LogP contribution in [0.2, 0.25) is 0 Å². The van der Waals surface area contributed by atoms with Crippen molar-refractivity contribution in [1.29, 1.82) is 0 Å². The Kier molecular flexibility index (Phi) is 12.1. The minimum absolute atomic E-state index is 0.739. The van der Waals surface area contributed by atoms with Crippen molar-refractivity contribution in [3.63, 3.8) is 0 Å². The van der Waals surface area contributed by atoms with E-state index >= 15 is 0 Å². The van der Waals surface area contributed by atoms with Gasteiger partial charge in [0.15, 0.2) is 12.6 Å². The van der Waals surface area contributed by atoms with Crippen molar-refractivity contribution >= 4 is 11.9 Å². The standard InChI is InChI=1S/C23H39NO19/c1-6(28)24-11-7(29)2-23(22(37)38,43-19(11)12(31)8(30)3-25)42-18-10(5-27)40-21(16(35)14(18)33)41-17-9(4-26)39-20(36)15(34)13(17)32/h7-21,25-27,29-36H,2-5H2,1H3,(H,24,28)(H,37,38)/t7-,8+,9+,10+,11+,12+,13+,14+,15+,16+,17+,18-,19+,20+,21-,23+/m0/s1. The number of hydrogen-bond acceptors (Lipinski definition) is 18. The maximum Gasteiger partial charge on any atom is 0.364 e. The number of carbonyl (C=O) groups excluding carboxylic acids is 1. The number of nitrogens with one attached hydrogen (secondary N) is 1. The first-order chi connectivity index (χ1) is 20.1. The molecule has 3 heterocycles. The van der Waals surface area contributed by atoms with E-state index < -0.39 is 136 Å². The molecule has 3 fully saturated rings. The van der Waals surface area contributed by atoms with Gasteiger partial charge in [0, 0.05) is 13.3 Å². The van der Waals surface area contributed by atoms with Gasteiger partial charge in [-0.2, -0.15) is 0 Å². The largest absolute Gasteiger partial charge is 0.477 e. The van der Waals surface area contributed by atoms with Crippen LogP contribution in [0, 0.1) is 0 Å². The molecule has 16 atom stereocenters. The van der Waals surface area contributed by atoms with Crippen molar-refractivity contribution in [2.75, 3.05) is 19.8 Å². The normalized spacial score (nSPS) is 45.3. The van der Waals surface area contributed by atoms with Crippen LogP contribution in [-0.2, 0) is 33.3 Å². The molecule has 0 saturated carbocycles. The van der Waals surface area contributed by atoms with E-state index in [1.54, 1.807) is 0 Å². The number of aliphatic hydroxyl groups is 11. The fourth-order valence-corrected chi connectivity index (χ4v) is 5.17. The fraction of sp³-hybridized carbons (Fsp3) is 0.913. The van der Waals surface area contributed by atoms with Crippen LogP contribution in [0.4, 0.5) is 0 Å². The van der Waals surface area contributed by atoms with Gasteiger partial charge in [-0.05, 0) is 0 Å². The summed E-state index contributed by atoms with van der Waals surface area (Å²) in [5, 5.41) is 124. The first kappa shape index (κ1) is 35.8. The summed E-state index contributed by atoms with van der Waals surface area (Å²) < 4.78 is 26.8. The Morgan fingerprint density at radius 3 is 2.02 bits per heavy atom. The van der Waals surface area contributed by atoms with E-state index in [-0.39, 0.29) is 0 Å². The third-order valence-corrected chi connectivity index (χ3v) is 7.46. The molecule has 250 valence electrons. The summed E-state index contributed by atoms with van der Waals surface area (Å²) in [5.41, 5.74) is 0. The van der Waals surface area contributed by atoms with E-state index in [1.165, 1.54) is 0 Å². The number of ether oxygens (including phenoxy) is 5. The van der Waals surface area contributed by atoms with Crippen LogP contribution < -0.4 is 5.32 Å². The number of carboxylic acids is 1. The number of carboxylic acid groups (broad SMARTS) is 1. The highest BCUT2D eigenvalue weighted by Gasteiger charge is 2.59. The van der Waals surface area contributed by atoms with Crippen LogP contribution in [-0.4, -0.2) is 191 Å². The van der Waals surface area contributed by atoms with Crippen molar-refractivity contribution < 1.29 is 94.6 Å². The lowest BCUT2D eigenvalue weighted by Crippen LogP contribution is -2.70. The highest BCUT2D eigenvalue weighted by atomic mass is 16.8. The topological polar surface area (TPSA) is 335 Å². The van der Waals surface area contributed by atoms with Gasteiger partial charge in [0.25, 0.3) is 5.79 Å². The van der Waals surface area contributed by atoms with E-state index in [9.17, 15) is 70.9 Å². The third-order valence-electron chi connectivity index (χ3n) is 7.46. The molecule has 0 aromatic carbocycles. The van der Waals surface area contributed by atoms with E-state index in [2.05, 4.69) is 5.32 Å². The second-order valence-electron chi connectivity index (χ2n) is 10.5. The molecule has 20 nitrogen and oxygen atoms in total. The molecule has 0 bridgehead atoms. The van der Waals surface area contributed by atoms with Crippen LogP contribution in [0.3, 0.4) is 0 Å². The van der Waals surface area contributed by atoms with Gasteiger partial charge in [-0.1, -0.05) is 0 Å². The lowest BCUT2D eigenvalue weighted by atomic mass is 9.88. The summed E-state index contributed by atoms with van der Waals surface area (Å²) in [6.45, 7) is -1.86. The molecule has 20 heteroatoms. The number of amides is 1. The van der Waals surface area contributed by atoms with E-state index in [1.807, 2.05) is 0 Å². The second-order valence-corrected chi connectivity index (χ2v) is 10.5. The zero-order chi connectivity index (χ0) is 32.4. The lowest BCUT2D eigenvalue weighted by molar-refractivity contribution is -0.383. The lowest BCUT2D eigenvalue weighted by Gasteiger charge is -2.50. The van der Waals surface area contributed by atoms with Crippen molar-refractivity contribution in [1.82, 2.24) is 5.32 Å². The number of rotatable bonds is 11. The molecule has 3 aliphatic heterocycles. The van der Waals surface area contributed by atoms with Gasteiger partial charge in [-0.25, -0.2) is 4.79 Å². The van der Waals surface area contributed by atoms with Crippen LogP contribution >= 0.6 is 0 Å². The Bertz CT molecular complexity index is 940. The summed E-state index contributed by atoms with van der Waals surface area (Å²) >= 11 is 0. The number of aliphatic hydroxyl groups excluding tert-OH is 11. The van der Waals surface area contributed by atoms with Gasteiger partial charge in [0.2, 0.25) is 5.91 Å². The second kappa shape index (κ2) is 14.6. The molecule has 0 radical (unpaired) electrons. The predicted molar refractivity (Wildman–Crippen MR) is 130 cm³/mol.